The van der Waals surface area contributed by atoms with Crippen LogP contribution in [0.2, 0.25) is 0 Å². The zero-order valence-electron chi connectivity index (χ0n) is 16.0. The summed E-state index contributed by atoms with van der Waals surface area (Å²) in [6.45, 7) is 6.05. The van der Waals surface area contributed by atoms with Gasteiger partial charge in [0.05, 0.1) is 4.92 Å². The van der Waals surface area contributed by atoms with E-state index in [1.165, 1.54) is 6.07 Å². The Morgan fingerprint density at radius 3 is 2.54 bits per heavy atom. The van der Waals surface area contributed by atoms with Crippen molar-refractivity contribution in [2.75, 3.05) is 10.6 Å². The molecular formula is C21H22N4O3. The Hall–Kier alpha value is -3.48. The van der Waals surface area contributed by atoms with Gasteiger partial charge in [-0.2, -0.15) is 0 Å². The maximum atomic E-state index is 11.8. The number of rotatable bonds is 6. The lowest BCUT2D eigenvalue weighted by molar-refractivity contribution is -0.383. The first-order valence-electron chi connectivity index (χ1n) is 9.03. The number of anilines is 2. The molecule has 0 aliphatic rings. The van der Waals surface area contributed by atoms with Gasteiger partial charge < -0.3 is 10.6 Å². The number of aryl methyl sites for hydroxylation is 1. The second kappa shape index (κ2) is 8.04. The molecule has 0 radical (unpaired) electrons. The van der Waals surface area contributed by atoms with Crippen molar-refractivity contribution in [3.63, 3.8) is 0 Å². The standard InChI is InChI=1S/C21H22N4O3/c1-13(2)21(26)24-16-9-7-15(8-10-16)12-22-18-11-14(3)23-20-17(18)5-4-6-19(20)25(27)28/h4-11,13H,12H2,1-3H3,(H,22,23)(H,24,26). The van der Waals surface area contributed by atoms with Crippen LogP contribution in [0.5, 0.6) is 0 Å². The van der Waals surface area contributed by atoms with Crippen molar-refractivity contribution < 1.29 is 9.72 Å². The molecule has 0 spiro atoms. The number of nitrogens with zero attached hydrogens (tertiary/aromatic N) is 2. The van der Waals surface area contributed by atoms with Gasteiger partial charge in [0.1, 0.15) is 0 Å². The number of non-ortho nitro benzene ring substituents is 1. The molecule has 1 aromatic heterocycles. The number of amides is 1. The van der Waals surface area contributed by atoms with E-state index in [2.05, 4.69) is 15.6 Å². The fraction of sp³-hybridized carbons (Fsp3) is 0.238. The van der Waals surface area contributed by atoms with Crippen molar-refractivity contribution >= 4 is 33.9 Å². The summed E-state index contributed by atoms with van der Waals surface area (Å²) in [7, 11) is 0. The third-order valence-corrected chi connectivity index (χ3v) is 4.37. The molecule has 2 N–H and O–H groups in total. The number of para-hydroxylation sites is 1. The van der Waals surface area contributed by atoms with E-state index in [1.807, 2.05) is 57.2 Å². The van der Waals surface area contributed by atoms with E-state index in [4.69, 9.17) is 0 Å². The number of hydrogen-bond acceptors (Lipinski definition) is 5. The van der Waals surface area contributed by atoms with E-state index < -0.39 is 4.92 Å². The zero-order chi connectivity index (χ0) is 20.3. The van der Waals surface area contributed by atoms with Gasteiger partial charge in [0.15, 0.2) is 5.52 Å². The minimum absolute atomic E-state index is 0.00510. The Morgan fingerprint density at radius 1 is 1.18 bits per heavy atom. The molecule has 0 aliphatic heterocycles. The number of carbonyl (C=O) groups excluding carboxylic acids is 1. The van der Waals surface area contributed by atoms with Crippen molar-refractivity contribution in [1.82, 2.24) is 4.98 Å². The Kier molecular flexibility index (Phi) is 5.54. The van der Waals surface area contributed by atoms with E-state index >= 15 is 0 Å². The first-order chi connectivity index (χ1) is 13.3. The molecule has 0 fully saturated rings. The molecule has 1 heterocycles. The summed E-state index contributed by atoms with van der Waals surface area (Å²) in [6.07, 6.45) is 0. The van der Waals surface area contributed by atoms with Gasteiger partial charge in [-0.1, -0.05) is 38.1 Å². The van der Waals surface area contributed by atoms with E-state index in [-0.39, 0.29) is 17.5 Å². The summed E-state index contributed by atoms with van der Waals surface area (Å²) < 4.78 is 0. The van der Waals surface area contributed by atoms with Gasteiger partial charge in [-0.25, -0.2) is 4.98 Å². The molecule has 0 aliphatic carbocycles. The van der Waals surface area contributed by atoms with Gasteiger partial charge in [0.25, 0.3) is 5.69 Å². The normalized spacial score (nSPS) is 10.9. The van der Waals surface area contributed by atoms with E-state index in [1.54, 1.807) is 6.07 Å². The Bertz CT molecular complexity index is 1030. The molecule has 3 aromatic rings. The van der Waals surface area contributed by atoms with Crippen LogP contribution in [0.15, 0.2) is 48.5 Å². The number of pyridine rings is 1. The van der Waals surface area contributed by atoms with E-state index in [0.29, 0.717) is 23.1 Å². The number of nitro benzene ring substituents is 1. The van der Waals surface area contributed by atoms with Crippen molar-refractivity contribution in [2.24, 2.45) is 5.92 Å². The average molecular weight is 378 g/mol. The predicted octanol–water partition coefficient (Wildman–Crippen LogP) is 4.66. The quantitative estimate of drug-likeness (QED) is 0.480. The number of fused-ring (bicyclic) bond motifs is 1. The highest BCUT2D eigenvalue weighted by atomic mass is 16.6. The molecule has 0 bridgehead atoms. The molecule has 3 rings (SSSR count). The highest BCUT2D eigenvalue weighted by Crippen LogP contribution is 2.30. The van der Waals surface area contributed by atoms with Crippen molar-refractivity contribution in [2.45, 2.75) is 27.3 Å². The SMILES string of the molecule is Cc1cc(NCc2ccc(NC(=O)C(C)C)cc2)c2cccc([N+](=O)[O-])c2n1. The second-order valence-electron chi connectivity index (χ2n) is 6.94. The molecule has 0 saturated carbocycles. The predicted molar refractivity (Wildman–Crippen MR) is 110 cm³/mol. The summed E-state index contributed by atoms with van der Waals surface area (Å²) >= 11 is 0. The molecule has 7 nitrogen and oxygen atoms in total. The lowest BCUT2D eigenvalue weighted by Crippen LogP contribution is -2.17. The van der Waals surface area contributed by atoms with Crippen LogP contribution in [0.3, 0.4) is 0 Å². The maximum Gasteiger partial charge on any atom is 0.295 e. The first-order valence-corrected chi connectivity index (χ1v) is 9.03. The largest absolute Gasteiger partial charge is 0.380 e. The number of hydrogen-bond donors (Lipinski definition) is 2. The molecule has 7 heteroatoms. The molecule has 1 amide bonds. The zero-order valence-corrected chi connectivity index (χ0v) is 16.0. The van der Waals surface area contributed by atoms with Gasteiger partial charge in [-0.3, -0.25) is 14.9 Å². The second-order valence-corrected chi connectivity index (χ2v) is 6.94. The summed E-state index contributed by atoms with van der Waals surface area (Å²) in [5.41, 5.74) is 3.65. The lowest BCUT2D eigenvalue weighted by Gasteiger charge is -2.12. The number of nitro groups is 1. The van der Waals surface area contributed by atoms with Crippen LogP contribution in [0.4, 0.5) is 17.1 Å². The van der Waals surface area contributed by atoms with Crippen LogP contribution >= 0.6 is 0 Å². The Labute approximate surface area is 162 Å². The minimum atomic E-state index is -0.414. The van der Waals surface area contributed by atoms with Gasteiger partial charge in [-0.15, -0.1) is 0 Å². The molecule has 0 unspecified atom stereocenters. The monoisotopic (exact) mass is 378 g/mol. The fourth-order valence-electron chi connectivity index (χ4n) is 2.84. The van der Waals surface area contributed by atoms with Crippen LogP contribution in [0, 0.1) is 23.0 Å². The van der Waals surface area contributed by atoms with Gasteiger partial charge in [0, 0.05) is 41.0 Å². The van der Waals surface area contributed by atoms with Crippen molar-refractivity contribution in [1.29, 1.82) is 0 Å². The fourth-order valence-corrected chi connectivity index (χ4v) is 2.84. The van der Waals surface area contributed by atoms with Crippen molar-refractivity contribution in [3.05, 3.63) is 69.9 Å². The van der Waals surface area contributed by atoms with Crippen molar-refractivity contribution in [3.8, 4) is 0 Å². The molecule has 0 atom stereocenters. The minimum Gasteiger partial charge on any atom is -0.380 e. The summed E-state index contributed by atoms with van der Waals surface area (Å²) in [5, 5.41) is 18.2. The molecule has 144 valence electrons. The van der Waals surface area contributed by atoms with Crippen LogP contribution < -0.4 is 10.6 Å². The number of carbonyl (C=O) groups is 1. The summed E-state index contributed by atoms with van der Waals surface area (Å²) in [6, 6.07) is 14.4. The van der Waals surface area contributed by atoms with E-state index in [9.17, 15) is 14.9 Å². The number of benzene rings is 2. The van der Waals surface area contributed by atoms with Crippen LogP contribution in [-0.2, 0) is 11.3 Å². The van der Waals surface area contributed by atoms with Gasteiger partial charge in [0.2, 0.25) is 5.91 Å². The molecule has 2 aromatic carbocycles. The summed E-state index contributed by atoms with van der Waals surface area (Å²) in [5.74, 6) is -0.0974. The topological polar surface area (TPSA) is 97.2 Å². The third-order valence-electron chi connectivity index (χ3n) is 4.37. The van der Waals surface area contributed by atoms with Crippen LogP contribution in [0.1, 0.15) is 25.1 Å². The Morgan fingerprint density at radius 2 is 1.89 bits per heavy atom. The van der Waals surface area contributed by atoms with Crippen LogP contribution in [-0.4, -0.2) is 15.8 Å². The number of nitrogens with one attached hydrogen (secondary N) is 2. The maximum absolute atomic E-state index is 11.8. The Balaban J connectivity index is 1.79. The average Bonchev–Trinajstić information content (AvgIpc) is 2.66. The van der Waals surface area contributed by atoms with Crippen LogP contribution in [0.25, 0.3) is 10.9 Å². The first kappa shape index (κ1) is 19.3. The molecule has 0 saturated heterocycles. The lowest BCUT2D eigenvalue weighted by atomic mass is 10.1. The third kappa shape index (κ3) is 4.25. The molecule has 28 heavy (non-hydrogen) atoms. The summed E-state index contributed by atoms with van der Waals surface area (Å²) in [4.78, 5) is 27.0. The molecular weight excluding hydrogens is 356 g/mol. The van der Waals surface area contributed by atoms with Gasteiger partial charge >= 0.3 is 0 Å². The number of aromatic nitrogens is 1. The highest BCUT2D eigenvalue weighted by Gasteiger charge is 2.15. The van der Waals surface area contributed by atoms with E-state index in [0.717, 1.165) is 16.9 Å². The smallest absolute Gasteiger partial charge is 0.295 e. The highest BCUT2D eigenvalue weighted by molar-refractivity contribution is 5.96. The van der Waals surface area contributed by atoms with Gasteiger partial charge in [-0.05, 0) is 30.7 Å².